The molecule has 9 heavy (non-hydrogen) atoms. The van der Waals surface area contributed by atoms with Gasteiger partial charge in [0.2, 0.25) is 0 Å². The van der Waals surface area contributed by atoms with Gasteiger partial charge in [-0.25, -0.2) is 0 Å². The molecule has 0 aliphatic heterocycles. The summed E-state index contributed by atoms with van der Waals surface area (Å²) >= 11 is 4.93. The average molecular weight is 405 g/mol. The van der Waals surface area contributed by atoms with Gasteiger partial charge in [-0.05, 0) is 0 Å². The maximum atomic E-state index is 2.46. The minimum absolute atomic E-state index is 0.0650. The predicted molar refractivity (Wildman–Crippen MR) is 57.9 cm³/mol. The quantitative estimate of drug-likeness (QED) is 0.372. The van der Waals surface area contributed by atoms with Crippen LogP contribution in [0.1, 0.15) is 39.5 Å². The van der Waals surface area contributed by atoms with Crippen molar-refractivity contribution in [1.29, 1.82) is 0 Å². The van der Waals surface area contributed by atoms with Crippen molar-refractivity contribution in [1.82, 2.24) is 0 Å². The topological polar surface area (TPSA) is 0 Å². The van der Waals surface area contributed by atoms with Crippen LogP contribution < -0.4 is 0 Å². The van der Waals surface area contributed by atoms with Crippen LogP contribution in [-0.2, 0) is 10.1 Å². The Bertz CT molecular complexity index is 30.2. The van der Waals surface area contributed by atoms with Gasteiger partial charge in [0, 0.05) is 0 Å². The van der Waals surface area contributed by atoms with E-state index in [4.69, 9.17) is 0 Å². The fourth-order valence-corrected chi connectivity index (χ4v) is 0.500. The summed E-state index contributed by atoms with van der Waals surface area (Å²) in [5, 5.41) is 0. The Morgan fingerprint density at radius 3 is 1.33 bits per heavy atom. The SMILES string of the molecule is CCCCCC.[I][Zn][I]. The zero-order valence-corrected chi connectivity index (χ0v) is 13.6. The van der Waals surface area contributed by atoms with Gasteiger partial charge in [-0.15, -0.1) is 0 Å². The molecule has 54 valence electrons. The molecule has 0 aromatic heterocycles. The van der Waals surface area contributed by atoms with Crippen LogP contribution in [0.15, 0.2) is 0 Å². The third-order valence-electron chi connectivity index (χ3n) is 0.957. The van der Waals surface area contributed by atoms with Crippen molar-refractivity contribution in [2.45, 2.75) is 39.5 Å². The van der Waals surface area contributed by atoms with Crippen LogP contribution in [0.2, 0.25) is 0 Å². The van der Waals surface area contributed by atoms with Crippen molar-refractivity contribution in [2.75, 3.05) is 0 Å². The van der Waals surface area contributed by atoms with Gasteiger partial charge in [0.1, 0.15) is 0 Å². The number of hydrogen-bond donors (Lipinski definition) is 0. The van der Waals surface area contributed by atoms with Gasteiger partial charge in [-0.2, -0.15) is 0 Å². The standard InChI is InChI=1S/C6H14.2HI.Zn/c1-3-5-6-4-2;;;/h3-6H2,1-2H3;2*1H;/q;;;+2/p-2. The van der Waals surface area contributed by atoms with E-state index in [9.17, 15) is 0 Å². The van der Waals surface area contributed by atoms with Crippen LogP contribution in [0.3, 0.4) is 0 Å². The summed E-state index contributed by atoms with van der Waals surface area (Å²) in [6.45, 7) is 4.46. The first-order valence-electron chi connectivity index (χ1n) is 3.45. The van der Waals surface area contributed by atoms with Gasteiger partial charge in [-0.3, -0.25) is 0 Å². The second-order valence-corrected chi connectivity index (χ2v) is 25.3. The molecule has 0 atom stereocenters. The van der Waals surface area contributed by atoms with E-state index >= 15 is 0 Å². The predicted octanol–water partition coefficient (Wildman–Crippen LogP) is 4.36. The molecule has 0 rings (SSSR count). The molecule has 0 N–H and O–H groups in total. The molecule has 0 saturated carbocycles. The second kappa shape index (κ2) is 16.6. The fourth-order valence-electron chi connectivity index (χ4n) is 0.500. The van der Waals surface area contributed by atoms with Crippen molar-refractivity contribution < 1.29 is 10.1 Å². The molecular formula is C6H14I2Zn. The van der Waals surface area contributed by atoms with Gasteiger partial charge >= 0.3 is 49.6 Å². The Morgan fingerprint density at radius 1 is 1.00 bits per heavy atom. The first kappa shape index (κ1) is 13.7. The summed E-state index contributed by atoms with van der Waals surface area (Å²) < 4.78 is 0. The number of unbranched alkanes of at least 4 members (excludes halogenated alkanes) is 3. The molecule has 0 aromatic carbocycles. The first-order chi connectivity index (χ1) is 4.33. The molecule has 0 radical (unpaired) electrons. The first-order valence-corrected chi connectivity index (χ1v) is 21.5. The molecule has 0 aliphatic rings. The van der Waals surface area contributed by atoms with Crippen LogP contribution in [0, 0.1) is 0 Å². The molecule has 0 spiro atoms. The van der Waals surface area contributed by atoms with Crippen molar-refractivity contribution in [3.05, 3.63) is 0 Å². The van der Waals surface area contributed by atoms with Crippen LogP contribution in [-0.4, -0.2) is 0 Å². The Kier molecular flexibility index (Phi) is 25.2. The Balaban J connectivity index is 0. The maximum absolute atomic E-state index is 2.46. The molecule has 3 heteroatoms. The Hall–Kier alpha value is 2.08. The molecule has 0 aromatic rings. The van der Waals surface area contributed by atoms with Crippen molar-refractivity contribution in [3.8, 4) is 0 Å². The number of rotatable bonds is 3. The molecule has 0 nitrogen and oxygen atoms in total. The summed E-state index contributed by atoms with van der Waals surface area (Å²) in [6, 6.07) is 0. The fraction of sp³-hybridized carbons (Fsp3) is 1.00. The minimum atomic E-state index is 0.0650. The summed E-state index contributed by atoms with van der Waals surface area (Å²) in [6.07, 6.45) is 5.54. The van der Waals surface area contributed by atoms with Crippen LogP contribution in [0.4, 0.5) is 0 Å². The molecule has 0 saturated heterocycles. The third-order valence-corrected chi connectivity index (χ3v) is 0.957. The summed E-state index contributed by atoms with van der Waals surface area (Å²) in [5.41, 5.74) is 0. The van der Waals surface area contributed by atoms with E-state index in [1.165, 1.54) is 25.7 Å². The molecular weight excluding hydrogens is 391 g/mol. The molecule has 0 aliphatic carbocycles. The van der Waals surface area contributed by atoms with Gasteiger partial charge < -0.3 is 0 Å². The van der Waals surface area contributed by atoms with Crippen LogP contribution in [0.5, 0.6) is 0 Å². The Morgan fingerprint density at radius 2 is 1.22 bits per heavy atom. The Labute approximate surface area is 87.9 Å². The van der Waals surface area contributed by atoms with Crippen molar-refractivity contribution >= 4 is 39.5 Å². The van der Waals surface area contributed by atoms with Crippen molar-refractivity contribution in [3.63, 3.8) is 0 Å². The zero-order chi connectivity index (χ0) is 7.54. The normalized spacial score (nSPS) is 7.11. The van der Waals surface area contributed by atoms with E-state index in [2.05, 4.69) is 53.3 Å². The van der Waals surface area contributed by atoms with Gasteiger partial charge in [0.05, 0.1) is 0 Å². The molecule has 0 unspecified atom stereocenters. The van der Waals surface area contributed by atoms with Crippen molar-refractivity contribution in [2.24, 2.45) is 0 Å². The molecule has 0 fully saturated rings. The average Bonchev–Trinajstić information content (AvgIpc) is 1.86. The van der Waals surface area contributed by atoms with Crippen LogP contribution in [0.25, 0.3) is 0 Å². The molecule has 0 bridgehead atoms. The third kappa shape index (κ3) is 25.5. The van der Waals surface area contributed by atoms with E-state index in [0.717, 1.165) is 0 Å². The van der Waals surface area contributed by atoms with Gasteiger partial charge in [-0.1, -0.05) is 39.5 Å². The van der Waals surface area contributed by atoms with E-state index in [1.54, 1.807) is 0 Å². The van der Waals surface area contributed by atoms with Crippen LogP contribution >= 0.6 is 39.5 Å². The van der Waals surface area contributed by atoms with Gasteiger partial charge in [0.15, 0.2) is 0 Å². The van der Waals surface area contributed by atoms with E-state index < -0.39 is 0 Å². The second-order valence-electron chi connectivity index (χ2n) is 1.81. The summed E-state index contributed by atoms with van der Waals surface area (Å²) in [7, 11) is 0.0650. The zero-order valence-electron chi connectivity index (χ0n) is 6.29. The molecule has 0 heterocycles. The number of hydrogen-bond acceptors (Lipinski definition) is 0. The summed E-state index contributed by atoms with van der Waals surface area (Å²) in [4.78, 5) is 0. The van der Waals surface area contributed by atoms with E-state index in [1.807, 2.05) is 0 Å². The summed E-state index contributed by atoms with van der Waals surface area (Å²) in [5.74, 6) is 0. The number of halogens is 2. The molecule has 0 amide bonds. The van der Waals surface area contributed by atoms with Gasteiger partial charge in [0.25, 0.3) is 0 Å². The monoisotopic (exact) mass is 404 g/mol. The van der Waals surface area contributed by atoms with E-state index in [0.29, 0.717) is 0 Å². The van der Waals surface area contributed by atoms with E-state index in [-0.39, 0.29) is 10.1 Å².